The second-order valence-corrected chi connectivity index (χ2v) is 6.66. The fraction of sp³-hybridized carbons (Fsp3) is 0.200. The number of carbonyl (C=O) groups is 1. The predicted octanol–water partition coefficient (Wildman–Crippen LogP) is 4.92. The minimum atomic E-state index is -0.182. The van der Waals surface area contributed by atoms with E-state index in [0.29, 0.717) is 20.8 Å². The van der Waals surface area contributed by atoms with Crippen LogP contribution in [0.15, 0.2) is 34.7 Å². The highest BCUT2D eigenvalue weighted by Crippen LogP contribution is 2.25. The summed E-state index contributed by atoms with van der Waals surface area (Å²) in [5.41, 5.74) is 2.14. The van der Waals surface area contributed by atoms with Gasteiger partial charge in [-0.05, 0) is 30.3 Å². The lowest BCUT2D eigenvalue weighted by Crippen LogP contribution is -2.09. The normalized spacial score (nSPS) is 11.2. The maximum atomic E-state index is 12.1. The molecule has 3 rings (SSSR count). The fourth-order valence-corrected chi connectivity index (χ4v) is 2.84. The largest absolute Gasteiger partial charge is 0.440 e. The van der Waals surface area contributed by atoms with E-state index >= 15 is 0 Å². The van der Waals surface area contributed by atoms with E-state index in [1.54, 1.807) is 24.3 Å². The summed E-state index contributed by atoms with van der Waals surface area (Å²) in [6.45, 7) is 4.04. The number of rotatable bonds is 3. The number of anilines is 1. The van der Waals surface area contributed by atoms with Gasteiger partial charge in [-0.2, -0.15) is 0 Å². The number of thiophene rings is 1. The third-order valence-corrected chi connectivity index (χ3v) is 4.18. The van der Waals surface area contributed by atoms with Crippen LogP contribution < -0.4 is 5.32 Å². The molecule has 0 radical (unpaired) electrons. The molecule has 3 aromatic rings. The first-order valence-corrected chi connectivity index (χ1v) is 7.69. The highest BCUT2D eigenvalue weighted by molar-refractivity contribution is 7.18. The molecule has 1 amide bonds. The summed E-state index contributed by atoms with van der Waals surface area (Å²) in [6, 6.07) is 8.82. The van der Waals surface area contributed by atoms with Crippen LogP contribution in [0.2, 0.25) is 4.34 Å². The molecule has 0 aliphatic carbocycles. The zero-order chi connectivity index (χ0) is 15.0. The van der Waals surface area contributed by atoms with Gasteiger partial charge in [0.25, 0.3) is 5.91 Å². The van der Waals surface area contributed by atoms with Gasteiger partial charge in [-0.3, -0.25) is 4.79 Å². The second-order valence-electron chi connectivity index (χ2n) is 4.95. The van der Waals surface area contributed by atoms with Crippen LogP contribution in [-0.4, -0.2) is 10.9 Å². The number of amides is 1. The number of nitrogens with zero attached hydrogens (tertiary/aromatic N) is 1. The van der Waals surface area contributed by atoms with Crippen molar-refractivity contribution in [1.29, 1.82) is 0 Å². The summed E-state index contributed by atoms with van der Waals surface area (Å²) in [4.78, 5) is 17.1. The second kappa shape index (κ2) is 5.50. The van der Waals surface area contributed by atoms with Gasteiger partial charge in [0.05, 0.1) is 9.21 Å². The summed E-state index contributed by atoms with van der Waals surface area (Å²) in [5, 5.41) is 2.83. The Morgan fingerprint density at radius 2 is 2.14 bits per heavy atom. The fourth-order valence-electron chi connectivity index (χ4n) is 1.90. The van der Waals surface area contributed by atoms with Gasteiger partial charge in [0.1, 0.15) is 5.52 Å². The molecule has 2 heterocycles. The molecule has 21 heavy (non-hydrogen) atoms. The molecule has 0 unspecified atom stereocenters. The van der Waals surface area contributed by atoms with Crippen molar-refractivity contribution in [1.82, 2.24) is 4.98 Å². The summed E-state index contributed by atoms with van der Waals surface area (Å²) in [5.74, 6) is 0.737. The van der Waals surface area contributed by atoms with Crippen molar-refractivity contribution in [3.63, 3.8) is 0 Å². The number of carbonyl (C=O) groups excluding carboxylic acids is 1. The average Bonchev–Trinajstić information content (AvgIpc) is 3.04. The number of hydrogen-bond acceptors (Lipinski definition) is 4. The molecular weight excluding hydrogens is 308 g/mol. The molecule has 1 N–H and O–H groups in total. The number of oxazole rings is 1. The van der Waals surface area contributed by atoms with E-state index in [0.717, 1.165) is 11.1 Å². The zero-order valence-corrected chi connectivity index (χ0v) is 13.1. The third kappa shape index (κ3) is 2.94. The monoisotopic (exact) mass is 320 g/mol. The van der Waals surface area contributed by atoms with Crippen molar-refractivity contribution in [3.05, 3.63) is 45.4 Å². The minimum Gasteiger partial charge on any atom is -0.440 e. The van der Waals surface area contributed by atoms with Crippen LogP contribution in [0.3, 0.4) is 0 Å². The molecule has 4 nitrogen and oxygen atoms in total. The molecule has 2 aromatic heterocycles. The lowest BCUT2D eigenvalue weighted by molar-refractivity contribution is 0.103. The molecule has 0 atom stereocenters. The Kier molecular flexibility index (Phi) is 3.69. The number of halogens is 1. The maximum Gasteiger partial charge on any atom is 0.265 e. The van der Waals surface area contributed by atoms with Crippen molar-refractivity contribution in [2.24, 2.45) is 0 Å². The van der Waals surface area contributed by atoms with Crippen LogP contribution in [0.1, 0.15) is 35.3 Å². The van der Waals surface area contributed by atoms with Gasteiger partial charge in [-0.1, -0.05) is 25.4 Å². The molecule has 0 spiro atoms. The molecule has 6 heteroatoms. The lowest BCUT2D eigenvalue weighted by Gasteiger charge is -2.02. The molecule has 0 aliphatic rings. The molecule has 0 aliphatic heterocycles. The molecule has 0 saturated carbocycles. The summed E-state index contributed by atoms with van der Waals surface area (Å²) in [7, 11) is 0. The maximum absolute atomic E-state index is 12.1. The molecule has 0 fully saturated rings. The van der Waals surface area contributed by atoms with E-state index in [1.807, 2.05) is 19.9 Å². The number of aromatic nitrogens is 1. The summed E-state index contributed by atoms with van der Waals surface area (Å²) >= 11 is 7.08. The molecule has 0 saturated heterocycles. The van der Waals surface area contributed by atoms with E-state index in [9.17, 15) is 4.79 Å². The highest BCUT2D eigenvalue weighted by Gasteiger charge is 2.12. The molecule has 0 bridgehead atoms. The lowest BCUT2D eigenvalue weighted by atomic mass is 10.2. The first-order valence-electron chi connectivity index (χ1n) is 6.50. The van der Waals surface area contributed by atoms with Gasteiger partial charge >= 0.3 is 0 Å². The van der Waals surface area contributed by atoms with Gasteiger partial charge in [0.2, 0.25) is 0 Å². The van der Waals surface area contributed by atoms with Crippen LogP contribution >= 0.6 is 22.9 Å². The van der Waals surface area contributed by atoms with E-state index < -0.39 is 0 Å². The van der Waals surface area contributed by atoms with Gasteiger partial charge < -0.3 is 9.73 Å². The van der Waals surface area contributed by atoms with Crippen LogP contribution in [0, 0.1) is 0 Å². The number of benzene rings is 1. The van der Waals surface area contributed by atoms with E-state index in [-0.39, 0.29) is 11.8 Å². The van der Waals surface area contributed by atoms with Gasteiger partial charge in [0, 0.05) is 11.6 Å². The first-order chi connectivity index (χ1) is 10.0. The van der Waals surface area contributed by atoms with Crippen molar-refractivity contribution in [3.8, 4) is 0 Å². The standard InChI is InChI=1S/C15H13ClN2O2S/c1-8(2)15-18-10-7-9(3-4-11(10)20-15)17-14(19)12-5-6-13(16)21-12/h3-8H,1-2H3,(H,17,19). The van der Waals surface area contributed by atoms with Crippen molar-refractivity contribution < 1.29 is 9.21 Å². The molecular formula is C15H13ClN2O2S. The molecule has 1 aromatic carbocycles. The Bertz CT molecular complexity index is 807. The number of hydrogen-bond donors (Lipinski definition) is 1. The topological polar surface area (TPSA) is 55.1 Å². The Labute approximate surface area is 130 Å². The Hall–Kier alpha value is -1.85. The Morgan fingerprint density at radius 1 is 1.33 bits per heavy atom. The van der Waals surface area contributed by atoms with Crippen molar-refractivity contribution in [2.45, 2.75) is 19.8 Å². The summed E-state index contributed by atoms with van der Waals surface area (Å²) < 4.78 is 6.23. The molecule has 108 valence electrons. The van der Waals surface area contributed by atoms with Gasteiger partial charge in [-0.25, -0.2) is 4.98 Å². The third-order valence-electron chi connectivity index (χ3n) is 2.95. The van der Waals surface area contributed by atoms with Crippen LogP contribution in [-0.2, 0) is 0 Å². The van der Waals surface area contributed by atoms with Crippen LogP contribution in [0.25, 0.3) is 11.1 Å². The predicted molar refractivity (Wildman–Crippen MR) is 85.4 cm³/mol. The quantitative estimate of drug-likeness (QED) is 0.745. The van der Waals surface area contributed by atoms with Crippen LogP contribution in [0.4, 0.5) is 5.69 Å². The Balaban J connectivity index is 1.85. The Morgan fingerprint density at radius 3 is 2.81 bits per heavy atom. The average molecular weight is 321 g/mol. The number of nitrogens with one attached hydrogen (secondary N) is 1. The van der Waals surface area contributed by atoms with Crippen molar-refractivity contribution >= 4 is 45.6 Å². The SMILES string of the molecule is CC(C)c1nc2cc(NC(=O)c3ccc(Cl)s3)ccc2o1. The van der Waals surface area contributed by atoms with E-state index in [4.69, 9.17) is 16.0 Å². The highest BCUT2D eigenvalue weighted by atomic mass is 35.5. The smallest absolute Gasteiger partial charge is 0.265 e. The van der Waals surface area contributed by atoms with Gasteiger partial charge in [0.15, 0.2) is 11.5 Å². The van der Waals surface area contributed by atoms with Crippen molar-refractivity contribution in [2.75, 3.05) is 5.32 Å². The summed E-state index contributed by atoms with van der Waals surface area (Å²) in [6.07, 6.45) is 0. The number of fused-ring (bicyclic) bond motifs is 1. The van der Waals surface area contributed by atoms with E-state index in [1.165, 1.54) is 11.3 Å². The zero-order valence-electron chi connectivity index (χ0n) is 11.5. The van der Waals surface area contributed by atoms with Crippen LogP contribution in [0.5, 0.6) is 0 Å². The minimum absolute atomic E-state index is 0.182. The first kappa shape index (κ1) is 14.1. The van der Waals surface area contributed by atoms with Gasteiger partial charge in [-0.15, -0.1) is 11.3 Å². The van der Waals surface area contributed by atoms with E-state index in [2.05, 4.69) is 10.3 Å².